The fourth-order valence-corrected chi connectivity index (χ4v) is 11.6. The van der Waals surface area contributed by atoms with Crippen molar-refractivity contribution in [3.05, 3.63) is 229 Å². The van der Waals surface area contributed by atoms with Gasteiger partial charge in [-0.15, -0.1) is 0 Å². The van der Waals surface area contributed by atoms with Gasteiger partial charge in [0, 0.05) is 48.7 Å². The van der Waals surface area contributed by atoms with Gasteiger partial charge in [-0.1, -0.05) is 140 Å². The number of benzene rings is 10. The van der Waals surface area contributed by atoms with Crippen molar-refractivity contribution in [3.63, 3.8) is 0 Å². The molecule has 72 heavy (non-hydrogen) atoms. The molecule has 8 heteroatoms. The summed E-state index contributed by atoms with van der Waals surface area (Å²) in [5.74, 6) is 0. The van der Waals surface area contributed by atoms with Crippen LogP contribution in [0.1, 0.15) is 22.3 Å². The zero-order valence-electron chi connectivity index (χ0n) is 38.2. The van der Waals surface area contributed by atoms with Crippen LogP contribution >= 0.6 is 0 Å². The summed E-state index contributed by atoms with van der Waals surface area (Å²) in [5, 5.41) is 53.2. The number of hydrogen-bond donors (Lipinski definition) is 0. The highest BCUT2D eigenvalue weighted by molar-refractivity contribution is 6.14. The maximum absolute atomic E-state index is 11.8. The van der Waals surface area contributed by atoms with E-state index in [9.17, 15) is 21.0 Å². The first-order chi connectivity index (χ1) is 35.6. The molecule has 330 valence electrons. The molecule has 0 amide bonds. The Morgan fingerprint density at radius 1 is 0.264 bits per heavy atom. The van der Waals surface area contributed by atoms with E-state index in [-0.39, 0.29) is 0 Å². The SMILES string of the molecule is N#Cc1cc(C#N)c(-n2c3ccccc3c3ccc(-c4cc(C#N)c(-n5c6ccccc6c6ccccc65)c(-n5c6ccccc6c6ccccc65)c4C#N)cc32)cc1-n1c2ccccc2c2ccccc21. The third-order valence-electron chi connectivity index (χ3n) is 14.5. The van der Waals surface area contributed by atoms with E-state index < -0.39 is 0 Å². The molecule has 0 aliphatic rings. The number of fused-ring (bicyclic) bond motifs is 12. The molecule has 0 atom stereocenters. The Kier molecular flexibility index (Phi) is 8.67. The molecule has 0 aliphatic heterocycles. The molecule has 0 radical (unpaired) electrons. The molecule has 0 saturated carbocycles. The van der Waals surface area contributed by atoms with E-state index in [1.807, 2.05) is 109 Å². The minimum atomic E-state index is 0.331. The van der Waals surface area contributed by atoms with E-state index >= 15 is 0 Å². The van der Waals surface area contributed by atoms with Crippen molar-refractivity contribution >= 4 is 87.2 Å². The van der Waals surface area contributed by atoms with Crippen molar-refractivity contribution < 1.29 is 0 Å². The average molecular weight is 915 g/mol. The second-order valence-corrected chi connectivity index (χ2v) is 18.1. The van der Waals surface area contributed by atoms with Crippen LogP contribution in [0, 0.1) is 45.3 Å². The summed E-state index contributed by atoms with van der Waals surface area (Å²) in [5.41, 5.74) is 12.4. The van der Waals surface area contributed by atoms with Gasteiger partial charge in [-0.05, 0) is 72.3 Å². The molecule has 0 aliphatic carbocycles. The Balaban J connectivity index is 1.10. The van der Waals surface area contributed by atoms with Crippen LogP contribution in [0.5, 0.6) is 0 Å². The number of nitrogens with zero attached hydrogens (tertiary/aromatic N) is 8. The molecule has 8 nitrogen and oxygen atoms in total. The summed E-state index contributed by atoms with van der Waals surface area (Å²) in [4.78, 5) is 0. The van der Waals surface area contributed by atoms with Gasteiger partial charge in [0.25, 0.3) is 0 Å². The molecule has 14 aromatic rings. The van der Waals surface area contributed by atoms with Gasteiger partial charge in [0.05, 0.1) is 89.1 Å². The van der Waals surface area contributed by atoms with Crippen molar-refractivity contribution in [1.29, 1.82) is 21.0 Å². The van der Waals surface area contributed by atoms with E-state index in [2.05, 4.69) is 134 Å². The van der Waals surface area contributed by atoms with Crippen molar-refractivity contribution in [2.24, 2.45) is 0 Å². The number of aromatic nitrogens is 4. The molecule has 0 fully saturated rings. The predicted octanol–water partition coefficient (Wildman–Crippen LogP) is 15.2. The average Bonchev–Trinajstić information content (AvgIpc) is 4.17. The van der Waals surface area contributed by atoms with Gasteiger partial charge in [0.1, 0.15) is 24.3 Å². The molecule has 10 aromatic carbocycles. The normalized spacial score (nSPS) is 11.6. The molecule has 0 bridgehead atoms. The second kappa shape index (κ2) is 15.4. The highest BCUT2D eigenvalue weighted by atomic mass is 15.1. The summed E-state index contributed by atoms with van der Waals surface area (Å²) in [6, 6.07) is 79.2. The first-order valence-corrected chi connectivity index (χ1v) is 23.6. The summed E-state index contributed by atoms with van der Waals surface area (Å²) in [6.07, 6.45) is 0. The summed E-state index contributed by atoms with van der Waals surface area (Å²) < 4.78 is 8.53. The highest BCUT2D eigenvalue weighted by Gasteiger charge is 2.28. The van der Waals surface area contributed by atoms with Crippen LogP contribution in [-0.2, 0) is 0 Å². The zero-order valence-corrected chi connectivity index (χ0v) is 38.2. The fourth-order valence-electron chi connectivity index (χ4n) is 11.6. The lowest BCUT2D eigenvalue weighted by molar-refractivity contribution is 1.08. The maximum atomic E-state index is 11.8. The summed E-state index contributed by atoms with van der Waals surface area (Å²) >= 11 is 0. The van der Waals surface area contributed by atoms with Crippen LogP contribution in [0.4, 0.5) is 0 Å². The molecule has 14 rings (SSSR count). The molecule has 0 unspecified atom stereocenters. The van der Waals surface area contributed by atoms with E-state index in [0.717, 1.165) is 87.2 Å². The minimum absolute atomic E-state index is 0.331. The third kappa shape index (κ3) is 5.52. The van der Waals surface area contributed by atoms with Crippen molar-refractivity contribution in [2.45, 2.75) is 0 Å². The van der Waals surface area contributed by atoms with Crippen LogP contribution in [0.3, 0.4) is 0 Å². The van der Waals surface area contributed by atoms with Gasteiger partial charge in [0.15, 0.2) is 0 Å². The molecule has 4 heterocycles. The Labute approximate surface area is 411 Å². The largest absolute Gasteiger partial charge is 0.308 e. The van der Waals surface area contributed by atoms with Gasteiger partial charge in [-0.2, -0.15) is 21.0 Å². The Morgan fingerprint density at radius 2 is 0.597 bits per heavy atom. The van der Waals surface area contributed by atoms with Gasteiger partial charge in [0.2, 0.25) is 0 Å². The molecular formula is C64H34N8. The number of hydrogen-bond acceptors (Lipinski definition) is 4. The lowest BCUT2D eigenvalue weighted by Gasteiger charge is -2.22. The zero-order chi connectivity index (χ0) is 48.2. The smallest absolute Gasteiger partial charge is 0.102 e. The van der Waals surface area contributed by atoms with Gasteiger partial charge in [-0.3, -0.25) is 0 Å². The summed E-state index contributed by atoms with van der Waals surface area (Å²) in [7, 11) is 0. The van der Waals surface area contributed by atoms with E-state index in [1.165, 1.54) is 0 Å². The Morgan fingerprint density at radius 3 is 0.972 bits per heavy atom. The quantitative estimate of drug-likeness (QED) is 0.171. The lowest BCUT2D eigenvalue weighted by atomic mass is 9.93. The van der Waals surface area contributed by atoms with Gasteiger partial charge < -0.3 is 18.3 Å². The standard InChI is InChI=1S/C64H34N8/c65-35-40-31-41(36-66)61(34-60(40)69-53-22-8-1-15-43(53)44-16-2-9-23-54(44)69)70-55-24-10-3-21-49(55)50-30-29-39(33-62(50)70)51-32-42(37-67)63(71-56-25-11-4-17-45(56)46-18-5-12-26-57(46)71)64(52(51)38-68)72-58-27-13-6-19-47(58)48-20-7-14-28-59(48)72/h1-34H. The van der Waals surface area contributed by atoms with E-state index in [4.69, 9.17) is 0 Å². The Hall–Kier alpha value is -10.6. The van der Waals surface area contributed by atoms with Crippen molar-refractivity contribution in [1.82, 2.24) is 18.3 Å². The van der Waals surface area contributed by atoms with Crippen LogP contribution in [0.2, 0.25) is 0 Å². The van der Waals surface area contributed by atoms with Crippen molar-refractivity contribution in [3.8, 4) is 58.2 Å². The minimum Gasteiger partial charge on any atom is -0.308 e. The van der Waals surface area contributed by atoms with Crippen LogP contribution in [0.15, 0.2) is 206 Å². The summed E-state index contributed by atoms with van der Waals surface area (Å²) in [6.45, 7) is 0. The highest BCUT2D eigenvalue weighted by Crippen LogP contribution is 2.45. The number of para-hydroxylation sites is 7. The van der Waals surface area contributed by atoms with Gasteiger partial charge in [-0.25, -0.2) is 0 Å². The lowest BCUT2D eigenvalue weighted by Crippen LogP contribution is -2.10. The molecule has 0 N–H and O–H groups in total. The van der Waals surface area contributed by atoms with Crippen LogP contribution in [-0.4, -0.2) is 18.3 Å². The molecule has 0 spiro atoms. The topological polar surface area (TPSA) is 115 Å². The third-order valence-corrected chi connectivity index (χ3v) is 14.5. The number of nitriles is 4. The van der Waals surface area contributed by atoms with E-state index in [0.29, 0.717) is 56.1 Å². The predicted molar refractivity (Wildman–Crippen MR) is 288 cm³/mol. The van der Waals surface area contributed by atoms with E-state index in [1.54, 1.807) is 6.07 Å². The van der Waals surface area contributed by atoms with Crippen LogP contribution < -0.4 is 0 Å². The first-order valence-electron chi connectivity index (χ1n) is 23.6. The first kappa shape index (κ1) is 40.4. The van der Waals surface area contributed by atoms with Crippen LogP contribution in [0.25, 0.3) is 121 Å². The fraction of sp³-hybridized carbons (Fsp3) is 0. The van der Waals surface area contributed by atoms with Gasteiger partial charge >= 0.3 is 0 Å². The second-order valence-electron chi connectivity index (χ2n) is 18.1. The van der Waals surface area contributed by atoms with Crippen molar-refractivity contribution in [2.75, 3.05) is 0 Å². The molecular weight excluding hydrogens is 881 g/mol. The Bertz CT molecular complexity index is 4710. The number of rotatable bonds is 5. The maximum Gasteiger partial charge on any atom is 0.102 e. The molecule has 4 aromatic heterocycles. The monoisotopic (exact) mass is 914 g/mol. The molecule has 0 saturated heterocycles.